The van der Waals surface area contributed by atoms with Crippen LogP contribution in [0, 0.1) is 11.8 Å². The third-order valence-electron chi connectivity index (χ3n) is 4.00. The van der Waals surface area contributed by atoms with E-state index in [-0.39, 0.29) is 0 Å². The Hall–Kier alpha value is -0.370. The molecule has 1 N–H and O–H groups in total. The van der Waals surface area contributed by atoms with Gasteiger partial charge in [-0.05, 0) is 38.1 Å². The Balaban J connectivity index is 1.78. The van der Waals surface area contributed by atoms with Crippen LogP contribution in [0.25, 0.3) is 0 Å². The van der Waals surface area contributed by atoms with Gasteiger partial charge in [0.1, 0.15) is 5.78 Å². The predicted molar refractivity (Wildman–Crippen MR) is 61.8 cm³/mol. The highest BCUT2D eigenvalue weighted by Crippen LogP contribution is 2.30. The Morgan fingerprint density at radius 1 is 1.27 bits per heavy atom. The van der Waals surface area contributed by atoms with Crippen LogP contribution in [0.1, 0.15) is 51.9 Å². The van der Waals surface area contributed by atoms with Crippen LogP contribution < -0.4 is 5.32 Å². The van der Waals surface area contributed by atoms with Crippen molar-refractivity contribution in [3.8, 4) is 0 Å². The number of carbonyl (C=O) groups is 1. The van der Waals surface area contributed by atoms with Gasteiger partial charge >= 0.3 is 0 Å². The summed E-state index contributed by atoms with van der Waals surface area (Å²) in [6.45, 7) is 3.40. The van der Waals surface area contributed by atoms with Crippen LogP contribution in [0.4, 0.5) is 0 Å². The summed E-state index contributed by atoms with van der Waals surface area (Å²) in [6, 6.07) is 0.495. The van der Waals surface area contributed by atoms with Crippen LogP contribution >= 0.6 is 0 Å². The molecule has 1 saturated carbocycles. The van der Waals surface area contributed by atoms with E-state index in [0.29, 0.717) is 17.7 Å². The van der Waals surface area contributed by atoms with E-state index in [4.69, 9.17) is 0 Å². The van der Waals surface area contributed by atoms with Gasteiger partial charge in [-0.3, -0.25) is 4.79 Å². The number of Topliss-reactive ketones (excluding diaryl/α,β-unsaturated/α-hetero) is 1. The Kier molecular flexibility index (Phi) is 3.79. The SMILES string of the molecule is CC1CCCC(C(=O)CC2CCCN2)C1. The second-order valence-electron chi connectivity index (χ2n) is 5.43. The molecule has 0 radical (unpaired) electrons. The monoisotopic (exact) mass is 209 g/mol. The van der Waals surface area contributed by atoms with Crippen molar-refractivity contribution >= 4 is 5.78 Å². The van der Waals surface area contributed by atoms with Crippen molar-refractivity contribution in [2.75, 3.05) is 6.54 Å². The maximum atomic E-state index is 12.1. The van der Waals surface area contributed by atoms with Gasteiger partial charge in [0.15, 0.2) is 0 Å². The lowest BCUT2D eigenvalue weighted by Crippen LogP contribution is -2.29. The molecule has 2 nitrogen and oxygen atoms in total. The molecule has 3 atom stereocenters. The zero-order valence-corrected chi connectivity index (χ0v) is 9.80. The zero-order chi connectivity index (χ0) is 10.7. The smallest absolute Gasteiger partial charge is 0.137 e. The lowest BCUT2D eigenvalue weighted by Gasteiger charge is -2.26. The summed E-state index contributed by atoms with van der Waals surface area (Å²) < 4.78 is 0. The number of ketones is 1. The topological polar surface area (TPSA) is 29.1 Å². The minimum absolute atomic E-state index is 0.385. The molecule has 0 aromatic rings. The Morgan fingerprint density at radius 2 is 2.13 bits per heavy atom. The zero-order valence-electron chi connectivity index (χ0n) is 9.80. The first-order valence-corrected chi connectivity index (χ1v) is 6.52. The maximum absolute atomic E-state index is 12.1. The van der Waals surface area contributed by atoms with Gasteiger partial charge in [0, 0.05) is 18.4 Å². The third-order valence-corrected chi connectivity index (χ3v) is 4.00. The summed E-state index contributed by atoms with van der Waals surface area (Å²) in [4.78, 5) is 12.1. The average molecular weight is 209 g/mol. The van der Waals surface area contributed by atoms with Crippen molar-refractivity contribution in [2.24, 2.45) is 11.8 Å². The summed E-state index contributed by atoms with van der Waals surface area (Å²) >= 11 is 0. The predicted octanol–water partition coefficient (Wildman–Crippen LogP) is 2.52. The van der Waals surface area contributed by atoms with Gasteiger partial charge in [-0.25, -0.2) is 0 Å². The summed E-state index contributed by atoms with van der Waals surface area (Å²) in [5, 5.41) is 3.42. The first kappa shape index (κ1) is 11.1. The molecule has 0 aromatic heterocycles. The average Bonchev–Trinajstić information content (AvgIpc) is 2.70. The van der Waals surface area contributed by atoms with E-state index in [0.717, 1.165) is 31.7 Å². The number of hydrogen-bond acceptors (Lipinski definition) is 2. The minimum Gasteiger partial charge on any atom is -0.314 e. The summed E-state index contributed by atoms with van der Waals surface area (Å²) in [5.74, 6) is 1.68. The molecule has 0 bridgehead atoms. The molecule has 0 aromatic carbocycles. The van der Waals surface area contributed by atoms with Crippen molar-refractivity contribution in [3.63, 3.8) is 0 Å². The van der Waals surface area contributed by atoms with Crippen molar-refractivity contribution < 1.29 is 4.79 Å². The normalized spacial score (nSPS) is 36.7. The fourth-order valence-corrected chi connectivity index (χ4v) is 3.07. The molecule has 2 rings (SSSR count). The number of hydrogen-bond donors (Lipinski definition) is 1. The molecule has 1 saturated heterocycles. The molecule has 0 amide bonds. The molecule has 2 fully saturated rings. The summed E-state index contributed by atoms with van der Waals surface area (Å²) in [6.07, 6.45) is 8.12. The number of carbonyl (C=O) groups excluding carboxylic acids is 1. The highest BCUT2D eigenvalue weighted by molar-refractivity contribution is 5.81. The Labute approximate surface area is 92.8 Å². The standard InChI is InChI=1S/C13H23NO/c1-10-4-2-5-11(8-10)13(15)9-12-6-3-7-14-12/h10-12,14H,2-9H2,1H3. The van der Waals surface area contributed by atoms with Gasteiger partial charge in [0.2, 0.25) is 0 Å². The maximum Gasteiger partial charge on any atom is 0.137 e. The van der Waals surface area contributed by atoms with Crippen LogP contribution in [0.15, 0.2) is 0 Å². The molecule has 3 unspecified atom stereocenters. The summed E-state index contributed by atoms with van der Waals surface area (Å²) in [5.41, 5.74) is 0. The van der Waals surface area contributed by atoms with E-state index in [2.05, 4.69) is 12.2 Å². The van der Waals surface area contributed by atoms with Crippen LogP contribution in [0.3, 0.4) is 0 Å². The van der Waals surface area contributed by atoms with Crippen molar-refractivity contribution in [1.29, 1.82) is 0 Å². The van der Waals surface area contributed by atoms with Crippen molar-refractivity contribution in [2.45, 2.75) is 57.9 Å². The molecule has 2 aliphatic rings. The largest absolute Gasteiger partial charge is 0.314 e. The molecular weight excluding hydrogens is 186 g/mol. The molecule has 2 heteroatoms. The third kappa shape index (κ3) is 3.04. The van der Waals surface area contributed by atoms with Gasteiger partial charge in [0.25, 0.3) is 0 Å². The van der Waals surface area contributed by atoms with Gasteiger partial charge in [-0.2, -0.15) is 0 Å². The van der Waals surface area contributed by atoms with E-state index in [1.54, 1.807) is 0 Å². The Morgan fingerprint density at radius 3 is 2.80 bits per heavy atom. The van der Waals surface area contributed by atoms with Gasteiger partial charge in [-0.15, -0.1) is 0 Å². The van der Waals surface area contributed by atoms with Crippen LogP contribution in [-0.4, -0.2) is 18.4 Å². The van der Waals surface area contributed by atoms with Gasteiger partial charge in [-0.1, -0.05) is 19.8 Å². The van der Waals surface area contributed by atoms with Crippen molar-refractivity contribution in [1.82, 2.24) is 5.32 Å². The molecule has 1 aliphatic heterocycles. The van der Waals surface area contributed by atoms with E-state index in [1.807, 2.05) is 0 Å². The molecule has 1 heterocycles. The first-order chi connectivity index (χ1) is 7.25. The summed E-state index contributed by atoms with van der Waals surface area (Å²) in [7, 11) is 0. The highest BCUT2D eigenvalue weighted by Gasteiger charge is 2.27. The first-order valence-electron chi connectivity index (χ1n) is 6.52. The highest BCUT2D eigenvalue weighted by atomic mass is 16.1. The number of nitrogens with one attached hydrogen (secondary N) is 1. The Bertz CT molecular complexity index is 221. The second kappa shape index (κ2) is 5.11. The lowest BCUT2D eigenvalue weighted by atomic mass is 9.79. The molecule has 86 valence electrons. The lowest BCUT2D eigenvalue weighted by molar-refractivity contribution is -0.124. The molecule has 15 heavy (non-hydrogen) atoms. The van der Waals surface area contributed by atoms with Gasteiger partial charge < -0.3 is 5.32 Å². The fourth-order valence-electron chi connectivity index (χ4n) is 3.07. The van der Waals surface area contributed by atoms with E-state index >= 15 is 0 Å². The molecule has 1 aliphatic carbocycles. The fraction of sp³-hybridized carbons (Fsp3) is 0.923. The minimum atomic E-state index is 0.385. The quantitative estimate of drug-likeness (QED) is 0.774. The van der Waals surface area contributed by atoms with Crippen LogP contribution in [0.5, 0.6) is 0 Å². The second-order valence-corrected chi connectivity index (χ2v) is 5.43. The van der Waals surface area contributed by atoms with E-state index in [1.165, 1.54) is 25.7 Å². The number of rotatable bonds is 3. The van der Waals surface area contributed by atoms with E-state index in [9.17, 15) is 4.79 Å². The van der Waals surface area contributed by atoms with Crippen molar-refractivity contribution in [3.05, 3.63) is 0 Å². The van der Waals surface area contributed by atoms with Crippen LogP contribution in [-0.2, 0) is 4.79 Å². The van der Waals surface area contributed by atoms with E-state index < -0.39 is 0 Å². The van der Waals surface area contributed by atoms with Gasteiger partial charge in [0.05, 0.1) is 0 Å². The molecule has 0 spiro atoms. The molecular formula is C13H23NO. The van der Waals surface area contributed by atoms with Crippen LogP contribution in [0.2, 0.25) is 0 Å².